The van der Waals surface area contributed by atoms with Gasteiger partial charge < -0.3 is 26.3 Å². The highest BCUT2D eigenvalue weighted by atomic mass is 16.5. The van der Waals surface area contributed by atoms with E-state index in [4.69, 9.17) is 20.9 Å². The van der Waals surface area contributed by atoms with E-state index in [1.54, 1.807) is 12.1 Å². The molecule has 3 aromatic rings. The van der Waals surface area contributed by atoms with Crippen LogP contribution in [0.15, 0.2) is 78.9 Å². The molecule has 0 spiro atoms. The summed E-state index contributed by atoms with van der Waals surface area (Å²) in [4.78, 5) is 13.2. The highest BCUT2D eigenvalue weighted by Crippen LogP contribution is 2.33. The zero-order valence-electron chi connectivity index (χ0n) is 19.8. The minimum Gasteiger partial charge on any atom is -0.485 e. The molecule has 0 aliphatic heterocycles. The van der Waals surface area contributed by atoms with Gasteiger partial charge in [0.1, 0.15) is 13.2 Å². The number of nitrogens with one attached hydrogen (secondary N) is 1. The number of hydrogen-bond acceptors (Lipinski definition) is 5. The zero-order valence-corrected chi connectivity index (χ0v) is 19.8. The molecule has 0 aliphatic carbocycles. The Balaban J connectivity index is 1.78. The number of carbonyl (C=O) groups excluding carboxylic acids is 1. The van der Waals surface area contributed by atoms with Crippen LogP contribution in [0.5, 0.6) is 11.5 Å². The van der Waals surface area contributed by atoms with Crippen molar-refractivity contribution in [1.29, 1.82) is 0 Å². The Labute approximate surface area is 202 Å². The van der Waals surface area contributed by atoms with E-state index in [0.29, 0.717) is 36.8 Å². The second-order valence-corrected chi connectivity index (χ2v) is 8.50. The molecule has 180 valence electrons. The van der Waals surface area contributed by atoms with Crippen LogP contribution in [0.25, 0.3) is 0 Å². The molecule has 6 heteroatoms. The maximum atomic E-state index is 13.2. The van der Waals surface area contributed by atoms with Gasteiger partial charge >= 0.3 is 0 Å². The summed E-state index contributed by atoms with van der Waals surface area (Å²) >= 11 is 0. The largest absolute Gasteiger partial charge is 0.485 e. The number of ether oxygens (including phenoxy) is 2. The summed E-state index contributed by atoms with van der Waals surface area (Å²) in [5, 5.41) is 3.06. The van der Waals surface area contributed by atoms with Crippen molar-refractivity contribution in [3.8, 4) is 11.5 Å². The molecule has 0 aliphatic rings. The van der Waals surface area contributed by atoms with Gasteiger partial charge in [-0.1, -0.05) is 66.7 Å². The lowest BCUT2D eigenvalue weighted by molar-refractivity contribution is 0.0930. The molecular formula is C28H35N3O3. The first-order valence-corrected chi connectivity index (χ1v) is 11.8. The van der Waals surface area contributed by atoms with Crippen molar-refractivity contribution >= 4 is 5.91 Å². The maximum Gasteiger partial charge on any atom is 0.255 e. The van der Waals surface area contributed by atoms with Crippen molar-refractivity contribution in [2.24, 2.45) is 11.5 Å². The van der Waals surface area contributed by atoms with E-state index in [1.807, 2.05) is 73.7 Å². The number of amides is 1. The molecule has 0 bridgehead atoms. The number of hydrogen-bond donors (Lipinski definition) is 3. The third-order valence-electron chi connectivity index (χ3n) is 5.52. The van der Waals surface area contributed by atoms with E-state index >= 15 is 0 Å². The first-order chi connectivity index (χ1) is 16.6. The van der Waals surface area contributed by atoms with Crippen molar-refractivity contribution in [2.45, 2.75) is 51.5 Å². The lowest BCUT2D eigenvalue weighted by atomic mass is 10.1. The second kappa shape index (κ2) is 13.4. The van der Waals surface area contributed by atoms with Crippen molar-refractivity contribution in [3.05, 3.63) is 95.6 Å². The average Bonchev–Trinajstić information content (AvgIpc) is 2.86. The summed E-state index contributed by atoms with van der Waals surface area (Å²) in [5.74, 6) is 0.712. The van der Waals surface area contributed by atoms with Crippen LogP contribution in [0, 0.1) is 0 Å². The van der Waals surface area contributed by atoms with Gasteiger partial charge in [-0.2, -0.15) is 0 Å². The minimum atomic E-state index is -0.232. The van der Waals surface area contributed by atoms with E-state index in [2.05, 4.69) is 5.32 Å². The third kappa shape index (κ3) is 7.90. The molecular weight excluding hydrogens is 426 g/mol. The molecule has 0 radical (unpaired) electrons. The predicted octanol–water partition coefficient (Wildman–Crippen LogP) is 4.42. The topological polar surface area (TPSA) is 99.6 Å². The van der Waals surface area contributed by atoms with Gasteiger partial charge in [0.2, 0.25) is 0 Å². The highest BCUT2D eigenvalue weighted by Gasteiger charge is 2.20. The first-order valence-electron chi connectivity index (χ1n) is 11.8. The molecule has 34 heavy (non-hydrogen) atoms. The summed E-state index contributed by atoms with van der Waals surface area (Å²) in [7, 11) is 0. The maximum absolute atomic E-state index is 13.2. The fourth-order valence-electron chi connectivity index (χ4n) is 3.62. The Morgan fingerprint density at radius 3 is 2.06 bits per heavy atom. The van der Waals surface area contributed by atoms with Gasteiger partial charge in [-0.25, -0.2) is 0 Å². The molecule has 0 saturated carbocycles. The molecule has 0 saturated heterocycles. The van der Waals surface area contributed by atoms with Crippen molar-refractivity contribution < 1.29 is 14.3 Å². The van der Waals surface area contributed by atoms with Gasteiger partial charge in [-0.05, 0) is 49.4 Å². The standard InChI is InChI=1S/C28H35N3O3/c1-21(30)10-8-15-24(18-29)31-28(32)25-16-9-17-26(33-19-22-11-4-2-5-12-22)27(25)34-20-23-13-6-3-7-14-23/h2-7,9,11-14,16-17,21,24H,8,10,15,18-20,29-30H2,1H3,(H,31,32). The van der Waals surface area contributed by atoms with E-state index in [0.717, 1.165) is 30.4 Å². The fraction of sp³-hybridized carbons (Fsp3) is 0.321. The number of benzene rings is 3. The molecule has 2 atom stereocenters. The molecule has 5 N–H and O–H groups in total. The summed E-state index contributed by atoms with van der Waals surface area (Å²) < 4.78 is 12.2. The van der Waals surface area contributed by atoms with Crippen LogP contribution in [0.4, 0.5) is 0 Å². The minimum absolute atomic E-state index is 0.130. The third-order valence-corrected chi connectivity index (χ3v) is 5.52. The monoisotopic (exact) mass is 461 g/mol. The van der Waals surface area contributed by atoms with Crippen LogP contribution < -0.4 is 26.3 Å². The van der Waals surface area contributed by atoms with Gasteiger partial charge in [0.15, 0.2) is 11.5 Å². The van der Waals surface area contributed by atoms with Gasteiger partial charge in [0, 0.05) is 18.6 Å². The lowest BCUT2D eigenvalue weighted by Crippen LogP contribution is -2.40. The van der Waals surface area contributed by atoms with E-state index in [-0.39, 0.29) is 18.0 Å². The highest BCUT2D eigenvalue weighted by molar-refractivity contribution is 5.98. The van der Waals surface area contributed by atoms with Crippen LogP contribution >= 0.6 is 0 Å². The smallest absolute Gasteiger partial charge is 0.255 e. The summed E-state index contributed by atoms with van der Waals surface area (Å²) in [5.41, 5.74) is 14.2. The molecule has 1 amide bonds. The van der Waals surface area contributed by atoms with Crippen LogP contribution in [0.2, 0.25) is 0 Å². The molecule has 0 heterocycles. The molecule has 3 rings (SSSR count). The Bertz CT molecular complexity index is 1010. The number of nitrogens with two attached hydrogens (primary N) is 2. The van der Waals surface area contributed by atoms with Crippen LogP contribution in [-0.2, 0) is 13.2 Å². The van der Waals surface area contributed by atoms with E-state index in [9.17, 15) is 4.79 Å². The molecule has 0 fully saturated rings. The SMILES string of the molecule is CC(N)CCCC(CN)NC(=O)c1cccc(OCc2ccccc2)c1OCc1ccccc1. The van der Waals surface area contributed by atoms with E-state index in [1.165, 1.54) is 0 Å². The quantitative estimate of drug-likeness (QED) is 0.350. The average molecular weight is 462 g/mol. The lowest BCUT2D eigenvalue weighted by Gasteiger charge is -2.20. The zero-order chi connectivity index (χ0) is 24.2. The van der Waals surface area contributed by atoms with Crippen molar-refractivity contribution in [2.75, 3.05) is 6.54 Å². The Morgan fingerprint density at radius 2 is 1.47 bits per heavy atom. The fourth-order valence-corrected chi connectivity index (χ4v) is 3.62. The van der Waals surface area contributed by atoms with Gasteiger partial charge in [-0.3, -0.25) is 4.79 Å². The van der Waals surface area contributed by atoms with Crippen molar-refractivity contribution in [3.63, 3.8) is 0 Å². The first kappa shape index (κ1) is 25.3. The van der Waals surface area contributed by atoms with Gasteiger partial charge in [-0.15, -0.1) is 0 Å². The Kier molecular flexibility index (Phi) is 9.95. The van der Waals surface area contributed by atoms with Crippen LogP contribution in [0.3, 0.4) is 0 Å². The summed E-state index contributed by atoms with van der Waals surface area (Å²) in [6.45, 7) is 3.03. The number of carbonyl (C=O) groups is 1. The molecule has 2 unspecified atom stereocenters. The van der Waals surface area contributed by atoms with E-state index < -0.39 is 0 Å². The predicted molar refractivity (Wildman–Crippen MR) is 136 cm³/mol. The molecule has 3 aromatic carbocycles. The Hall–Kier alpha value is -3.35. The van der Waals surface area contributed by atoms with Crippen LogP contribution in [0.1, 0.15) is 47.7 Å². The molecule has 6 nitrogen and oxygen atoms in total. The number of para-hydroxylation sites is 1. The second-order valence-electron chi connectivity index (χ2n) is 8.50. The number of rotatable bonds is 13. The Morgan fingerprint density at radius 1 is 0.853 bits per heavy atom. The summed E-state index contributed by atoms with van der Waals surface area (Å²) in [6.07, 6.45) is 2.56. The summed E-state index contributed by atoms with van der Waals surface area (Å²) in [6, 6.07) is 25.1. The van der Waals surface area contributed by atoms with Gasteiger partial charge in [0.25, 0.3) is 5.91 Å². The molecule has 0 aromatic heterocycles. The van der Waals surface area contributed by atoms with Gasteiger partial charge in [0.05, 0.1) is 5.56 Å². The normalized spacial score (nSPS) is 12.6. The van der Waals surface area contributed by atoms with Crippen LogP contribution in [-0.4, -0.2) is 24.5 Å². The van der Waals surface area contributed by atoms with Crippen molar-refractivity contribution in [1.82, 2.24) is 5.32 Å².